The standard InChI is InChI=1S/C22H23F3N6O2/c23-22(24,25)16-6-7-18(27-13-16)29-9-11-30(12-10-29)19(32)5-2-8-31-14-15-3-1-4-17(21(26)33)20(15)28-31/h1,3-4,6-7,13-14H,2,5,8-12H2,(H2,26,33). The number of nitrogens with two attached hydrogens (primary N) is 1. The fourth-order valence-electron chi connectivity index (χ4n) is 3.88. The molecule has 11 heteroatoms. The van der Waals surface area contributed by atoms with Gasteiger partial charge in [0.15, 0.2) is 0 Å². The summed E-state index contributed by atoms with van der Waals surface area (Å²) in [5, 5.41) is 5.23. The first-order valence-corrected chi connectivity index (χ1v) is 10.5. The van der Waals surface area contributed by atoms with Gasteiger partial charge in [0, 0.05) is 56.9 Å². The summed E-state index contributed by atoms with van der Waals surface area (Å²) in [4.78, 5) is 31.7. The molecule has 0 aliphatic carbocycles. The number of aromatic nitrogens is 3. The number of primary amides is 1. The molecule has 1 aromatic carbocycles. The Hall–Kier alpha value is -3.63. The number of aryl methyl sites for hydroxylation is 1. The molecular formula is C22H23F3N6O2. The number of hydrogen-bond donors (Lipinski definition) is 1. The summed E-state index contributed by atoms with van der Waals surface area (Å²) in [6, 6.07) is 7.60. The van der Waals surface area contributed by atoms with Gasteiger partial charge >= 0.3 is 6.18 Å². The molecule has 2 N–H and O–H groups in total. The van der Waals surface area contributed by atoms with E-state index in [1.807, 2.05) is 17.2 Å². The molecule has 2 amide bonds. The van der Waals surface area contributed by atoms with Crippen LogP contribution in [-0.4, -0.2) is 57.7 Å². The second-order valence-electron chi connectivity index (χ2n) is 7.87. The summed E-state index contributed by atoms with van der Waals surface area (Å²) in [6.45, 7) is 2.49. The van der Waals surface area contributed by atoms with Gasteiger partial charge in [-0.25, -0.2) is 4.98 Å². The van der Waals surface area contributed by atoms with Gasteiger partial charge in [0.2, 0.25) is 5.91 Å². The van der Waals surface area contributed by atoms with Crippen molar-refractivity contribution < 1.29 is 22.8 Å². The fourth-order valence-corrected chi connectivity index (χ4v) is 3.88. The molecule has 0 unspecified atom stereocenters. The van der Waals surface area contributed by atoms with Gasteiger partial charge in [-0.1, -0.05) is 12.1 Å². The van der Waals surface area contributed by atoms with Crippen LogP contribution in [-0.2, 0) is 17.5 Å². The molecule has 3 aromatic rings. The number of amides is 2. The third-order valence-corrected chi connectivity index (χ3v) is 5.66. The van der Waals surface area contributed by atoms with Crippen molar-refractivity contribution in [1.82, 2.24) is 19.7 Å². The summed E-state index contributed by atoms with van der Waals surface area (Å²) >= 11 is 0. The van der Waals surface area contributed by atoms with Gasteiger partial charge in [0.1, 0.15) is 11.3 Å². The highest BCUT2D eigenvalue weighted by molar-refractivity contribution is 6.04. The van der Waals surface area contributed by atoms with Crippen molar-refractivity contribution >= 4 is 28.5 Å². The summed E-state index contributed by atoms with van der Waals surface area (Å²) in [5.74, 6) is -0.0487. The Labute approximate surface area is 187 Å². The van der Waals surface area contributed by atoms with Crippen molar-refractivity contribution in [3.05, 3.63) is 53.9 Å². The van der Waals surface area contributed by atoms with Gasteiger partial charge in [-0.2, -0.15) is 18.3 Å². The lowest BCUT2D eigenvalue weighted by atomic mass is 10.1. The Morgan fingerprint density at radius 2 is 1.82 bits per heavy atom. The summed E-state index contributed by atoms with van der Waals surface area (Å²) < 4.78 is 39.8. The van der Waals surface area contributed by atoms with Crippen LogP contribution < -0.4 is 10.6 Å². The zero-order valence-electron chi connectivity index (χ0n) is 17.8. The van der Waals surface area contributed by atoms with Crippen molar-refractivity contribution in [2.24, 2.45) is 5.73 Å². The van der Waals surface area contributed by atoms with Gasteiger partial charge in [-0.15, -0.1) is 0 Å². The third kappa shape index (κ3) is 5.07. The van der Waals surface area contributed by atoms with Crippen molar-refractivity contribution in [3.8, 4) is 0 Å². The number of pyridine rings is 1. The minimum Gasteiger partial charge on any atom is -0.366 e. The number of piperazine rings is 1. The maximum Gasteiger partial charge on any atom is 0.417 e. The van der Waals surface area contributed by atoms with Gasteiger partial charge < -0.3 is 15.5 Å². The van der Waals surface area contributed by atoms with Crippen molar-refractivity contribution in [3.63, 3.8) is 0 Å². The first-order valence-electron chi connectivity index (χ1n) is 10.5. The van der Waals surface area contributed by atoms with E-state index in [9.17, 15) is 22.8 Å². The van der Waals surface area contributed by atoms with Crippen LogP contribution in [0.25, 0.3) is 10.9 Å². The average molecular weight is 460 g/mol. The second-order valence-corrected chi connectivity index (χ2v) is 7.87. The molecule has 1 aliphatic heterocycles. The minimum atomic E-state index is -4.41. The SMILES string of the molecule is NC(=O)c1cccc2cn(CCCC(=O)N3CCN(c4ccc(C(F)(F)F)cn4)CC3)nc12. The predicted octanol–water partition coefficient (Wildman–Crippen LogP) is 2.68. The number of hydrogen-bond acceptors (Lipinski definition) is 5. The number of carbonyl (C=O) groups is 2. The van der Waals surface area contributed by atoms with Crippen molar-refractivity contribution in [2.75, 3.05) is 31.1 Å². The molecule has 3 heterocycles. The van der Waals surface area contributed by atoms with Gasteiger partial charge in [-0.3, -0.25) is 14.3 Å². The van der Waals surface area contributed by atoms with Crippen molar-refractivity contribution in [1.29, 1.82) is 0 Å². The van der Waals surface area contributed by atoms with E-state index in [0.717, 1.165) is 17.6 Å². The van der Waals surface area contributed by atoms with E-state index in [1.54, 1.807) is 21.7 Å². The van der Waals surface area contributed by atoms with Crippen LogP contribution in [0.1, 0.15) is 28.8 Å². The number of benzene rings is 1. The number of anilines is 1. The molecule has 0 radical (unpaired) electrons. The van der Waals surface area contributed by atoms with E-state index in [1.165, 1.54) is 6.07 Å². The Morgan fingerprint density at radius 1 is 1.06 bits per heavy atom. The molecule has 4 rings (SSSR count). The number of halogens is 3. The first-order chi connectivity index (χ1) is 15.7. The number of alkyl halides is 3. The van der Waals surface area contributed by atoms with E-state index in [2.05, 4.69) is 10.1 Å². The molecule has 0 saturated carbocycles. The Kier molecular flexibility index (Phi) is 6.21. The molecule has 174 valence electrons. The molecule has 1 saturated heterocycles. The van der Waals surface area contributed by atoms with Crippen LogP contribution >= 0.6 is 0 Å². The van der Waals surface area contributed by atoms with Crippen LogP contribution in [0.3, 0.4) is 0 Å². The molecule has 1 aliphatic rings. The highest BCUT2D eigenvalue weighted by atomic mass is 19.4. The predicted molar refractivity (Wildman–Crippen MR) is 116 cm³/mol. The normalized spacial score (nSPS) is 14.6. The molecule has 0 bridgehead atoms. The maximum absolute atomic E-state index is 12.7. The topological polar surface area (TPSA) is 97.3 Å². The Balaban J connectivity index is 1.26. The van der Waals surface area contributed by atoms with E-state index in [-0.39, 0.29) is 5.91 Å². The number of carbonyl (C=O) groups excluding carboxylic acids is 2. The molecule has 1 fully saturated rings. The zero-order valence-corrected chi connectivity index (χ0v) is 17.8. The fraction of sp³-hybridized carbons (Fsp3) is 0.364. The lowest BCUT2D eigenvalue weighted by molar-refractivity contribution is -0.138. The summed E-state index contributed by atoms with van der Waals surface area (Å²) in [6.07, 6.45) is -0.833. The van der Waals surface area contributed by atoms with Crippen molar-refractivity contribution in [2.45, 2.75) is 25.6 Å². The zero-order chi connectivity index (χ0) is 23.6. The molecule has 0 spiro atoms. The highest BCUT2D eigenvalue weighted by Gasteiger charge is 2.31. The average Bonchev–Trinajstić information content (AvgIpc) is 3.21. The second kappa shape index (κ2) is 9.08. The van der Waals surface area contributed by atoms with Gasteiger partial charge in [-0.05, 0) is 24.6 Å². The number of fused-ring (bicyclic) bond motifs is 1. The monoisotopic (exact) mass is 460 g/mol. The smallest absolute Gasteiger partial charge is 0.366 e. The van der Waals surface area contributed by atoms with Crippen LogP contribution in [0.2, 0.25) is 0 Å². The molecule has 2 aromatic heterocycles. The molecular weight excluding hydrogens is 437 g/mol. The van der Waals surface area contributed by atoms with Crippen LogP contribution in [0.15, 0.2) is 42.7 Å². The van der Waals surface area contributed by atoms with Crippen LogP contribution in [0.5, 0.6) is 0 Å². The lowest BCUT2D eigenvalue weighted by Gasteiger charge is -2.35. The van der Waals surface area contributed by atoms with Gasteiger partial charge in [0.25, 0.3) is 5.91 Å². The largest absolute Gasteiger partial charge is 0.417 e. The number of nitrogens with zero attached hydrogens (tertiary/aromatic N) is 5. The van der Waals surface area contributed by atoms with E-state index in [0.29, 0.717) is 62.5 Å². The van der Waals surface area contributed by atoms with Crippen LogP contribution in [0, 0.1) is 0 Å². The maximum atomic E-state index is 12.7. The van der Waals surface area contributed by atoms with Crippen LogP contribution in [0.4, 0.5) is 19.0 Å². The van der Waals surface area contributed by atoms with E-state index < -0.39 is 17.6 Å². The molecule has 8 nitrogen and oxygen atoms in total. The lowest BCUT2D eigenvalue weighted by Crippen LogP contribution is -2.49. The molecule has 33 heavy (non-hydrogen) atoms. The summed E-state index contributed by atoms with van der Waals surface area (Å²) in [5.41, 5.74) is 5.52. The van der Waals surface area contributed by atoms with Gasteiger partial charge in [0.05, 0.1) is 11.1 Å². The Morgan fingerprint density at radius 3 is 2.45 bits per heavy atom. The molecule has 0 atom stereocenters. The summed E-state index contributed by atoms with van der Waals surface area (Å²) in [7, 11) is 0. The minimum absolute atomic E-state index is 0.0181. The van der Waals surface area contributed by atoms with E-state index >= 15 is 0 Å². The highest BCUT2D eigenvalue weighted by Crippen LogP contribution is 2.29. The quantitative estimate of drug-likeness (QED) is 0.610. The van der Waals surface area contributed by atoms with E-state index in [4.69, 9.17) is 5.73 Å². The Bertz CT molecular complexity index is 1150. The number of rotatable bonds is 6. The third-order valence-electron chi connectivity index (χ3n) is 5.66. The first kappa shape index (κ1) is 22.6.